The maximum Gasteiger partial charge on any atom is 0.243 e. The first-order valence-corrected chi connectivity index (χ1v) is 8.78. The van der Waals surface area contributed by atoms with E-state index in [2.05, 4.69) is 5.32 Å². The fourth-order valence-electron chi connectivity index (χ4n) is 2.93. The minimum Gasteiger partial charge on any atom is -0.493 e. The van der Waals surface area contributed by atoms with E-state index in [9.17, 15) is 8.42 Å². The van der Waals surface area contributed by atoms with Gasteiger partial charge in [-0.15, -0.1) is 0 Å². The van der Waals surface area contributed by atoms with Crippen molar-refractivity contribution >= 4 is 10.0 Å². The summed E-state index contributed by atoms with van der Waals surface area (Å²) in [5.41, 5.74) is 0.660. The fraction of sp³-hybridized carbons (Fsp3) is 0.600. The van der Waals surface area contributed by atoms with E-state index in [1.807, 2.05) is 7.05 Å². The van der Waals surface area contributed by atoms with Gasteiger partial charge in [-0.05, 0) is 38.4 Å². The molecular weight excluding hydrogens is 304 g/mol. The lowest BCUT2D eigenvalue weighted by Crippen LogP contribution is -2.41. The number of nitrogens with zero attached hydrogens (tertiary/aromatic N) is 1. The molecule has 0 bridgehead atoms. The van der Waals surface area contributed by atoms with Crippen LogP contribution in [-0.2, 0) is 10.0 Å². The van der Waals surface area contributed by atoms with E-state index in [-0.39, 0.29) is 10.9 Å². The Hall–Kier alpha value is -1.31. The Kier molecular flexibility index (Phi) is 5.31. The van der Waals surface area contributed by atoms with Crippen LogP contribution in [0.1, 0.15) is 18.4 Å². The van der Waals surface area contributed by atoms with Gasteiger partial charge in [0.15, 0.2) is 11.5 Å². The van der Waals surface area contributed by atoms with Crippen molar-refractivity contribution in [3.05, 3.63) is 17.7 Å². The van der Waals surface area contributed by atoms with E-state index in [0.717, 1.165) is 12.8 Å². The number of benzene rings is 1. The Labute approximate surface area is 132 Å². The Morgan fingerprint density at radius 2 is 1.91 bits per heavy atom. The molecule has 1 N–H and O–H groups in total. The summed E-state index contributed by atoms with van der Waals surface area (Å²) < 4.78 is 38.1. The van der Waals surface area contributed by atoms with Crippen molar-refractivity contribution in [1.29, 1.82) is 0 Å². The molecule has 1 fully saturated rings. The Morgan fingerprint density at radius 3 is 2.50 bits per heavy atom. The smallest absolute Gasteiger partial charge is 0.243 e. The summed E-state index contributed by atoms with van der Waals surface area (Å²) in [4.78, 5) is 0.285. The van der Waals surface area contributed by atoms with Crippen molar-refractivity contribution in [2.45, 2.75) is 30.7 Å². The number of hydrogen-bond donors (Lipinski definition) is 1. The normalized spacial score (nSPS) is 19.4. The predicted molar refractivity (Wildman–Crippen MR) is 85.1 cm³/mol. The molecule has 0 spiro atoms. The maximum atomic E-state index is 13.0. The lowest BCUT2D eigenvalue weighted by Gasteiger charge is -2.25. The van der Waals surface area contributed by atoms with Gasteiger partial charge in [-0.3, -0.25) is 0 Å². The van der Waals surface area contributed by atoms with E-state index in [1.165, 1.54) is 14.2 Å². The van der Waals surface area contributed by atoms with Gasteiger partial charge in [0, 0.05) is 25.2 Å². The Balaban J connectivity index is 2.45. The zero-order chi connectivity index (χ0) is 16.3. The Morgan fingerprint density at radius 1 is 1.27 bits per heavy atom. The molecule has 1 atom stereocenters. The standard InChI is InChI=1S/C15H24N2O4S/c1-11-8-13(20-3)14(21-4)9-15(11)22(18,19)17-7-5-6-12(17)10-16-2/h8-9,12,16H,5-7,10H2,1-4H3. The summed E-state index contributed by atoms with van der Waals surface area (Å²) in [7, 11) is 1.34. The van der Waals surface area contributed by atoms with Crippen LogP contribution in [-0.4, -0.2) is 53.1 Å². The highest BCUT2D eigenvalue weighted by Crippen LogP contribution is 2.35. The van der Waals surface area contributed by atoms with Crippen molar-refractivity contribution in [3.63, 3.8) is 0 Å². The molecule has 0 aliphatic carbocycles. The molecule has 0 aromatic heterocycles. The number of ether oxygens (including phenoxy) is 2. The van der Waals surface area contributed by atoms with Crippen LogP contribution < -0.4 is 14.8 Å². The second-order valence-electron chi connectivity index (χ2n) is 5.44. The van der Waals surface area contributed by atoms with E-state index >= 15 is 0 Å². The average Bonchev–Trinajstić information content (AvgIpc) is 2.96. The molecule has 2 rings (SSSR count). The molecule has 124 valence electrons. The molecule has 22 heavy (non-hydrogen) atoms. The van der Waals surface area contributed by atoms with Gasteiger partial charge >= 0.3 is 0 Å². The van der Waals surface area contributed by atoms with E-state index in [1.54, 1.807) is 23.4 Å². The van der Waals surface area contributed by atoms with Crippen LogP contribution in [0.5, 0.6) is 11.5 Å². The van der Waals surface area contributed by atoms with Crippen molar-refractivity contribution in [1.82, 2.24) is 9.62 Å². The summed E-state index contributed by atoms with van der Waals surface area (Å²) >= 11 is 0. The van der Waals surface area contributed by atoms with E-state index in [4.69, 9.17) is 9.47 Å². The van der Waals surface area contributed by atoms with E-state index in [0.29, 0.717) is 30.2 Å². The third kappa shape index (κ3) is 3.06. The monoisotopic (exact) mass is 328 g/mol. The number of nitrogens with one attached hydrogen (secondary N) is 1. The quantitative estimate of drug-likeness (QED) is 0.854. The molecular formula is C15H24N2O4S. The summed E-state index contributed by atoms with van der Waals surface area (Å²) in [5, 5.41) is 3.07. The van der Waals surface area contributed by atoms with Crippen LogP contribution in [0, 0.1) is 6.92 Å². The van der Waals surface area contributed by atoms with Crippen LogP contribution in [0.15, 0.2) is 17.0 Å². The van der Waals surface area contributed by atoms with Gasteiger partial charge in [-0.2, -0.15) is 4.31 Å². The molecule has 1 aliphatic heterocycles. The van der Waals surface area contributed by atoms with E-state index < -0.39 is 10.0 Å². The molecule has 1 aromatic carbocycles. The molecule has 7 heteroatoms. The van der Waals surface area contributed by atoms with Crippen molar-refractivity contribution in [3.8, 4) is 11.5 Å². The molecule has 0 radical (unpaired) electrons. The SMILES string of the molecule is CNCC1CCCN1S(=O)(=O)c1cc(OC)c(OC)cc1C. The lowest BCUT2D eigenvalue weighted by molar-refractivity contribution is 0.352. The number of sulfonamides is 1. The molecule has 1 saturated heterocycles. The third-order valence-electron chi connectivity index (χ3n) is 4.03. The molecule has 1 aromatic rings. The molecule has 0 saturated carbocycles. The van der Waals surface area contributed by atoms with Crippen LogP contribution in [0.25, 0.3) is 0 Å². The largest absolute Gasteiger partial charge is 0.493 e. The number of methoxy groups -OCH3 is 2. The van der Waals surface area contributed by atoms with Crippen LogP contribution >= 0.6 is 0 Å². The zero-order valence-corrected chi connectivity index (χ0v) is 14.4. The van der Waals surface area contributed by atoms with Crippen LogP contribution in [0.3, 0.4) is 0 Å². The lowest BCUT2D eigenvalue weighted by atomic mass is 10.2. The summed E-state index contributed by atoms with van der Waals surface area (Å²) in [6.45, 7) is 2.99. The first-order valence-electron chi connectivity index (χ1n) is 7.34. The predicted octanol–water partition coefficient (Wildman–Crippen LogP) is 1.38. The molecule has 1 unspecified atom stereocenters. The zero-order valence-electron chi connectivity index (χ0n) is 13.5. The van der Waals surface area contributed by atoms with Gasteiger partial charge in [0.2, 0.25) is 10.0 Å². The summed E-state index contributed by atoms with van der Waals surface area (Å²) in [5.74, 6) is 0.961. The topological polar surface area (TPSA) is 67.9 Å². The fourth-order valence-corrected chi connectivity index (χ4v) is 4.85. The minimum atomic E-state index is -3.54. The molecule has 6 nitrogen and oxygen atoms in total. The third-order valence-corrected chi connectivity index (χ3v) is 6.12. The van der Waals surface area contributed by atoms with Gasteiger partial charge in [-0.1, -0.05) is 0 Å². The van der Waals surface area contributed by atoms with Crippen LogP contribution in [0.4, 0.5) is 0 Å². The van der Waals surface area contributed by atoms with Gasteiger partial charge in [-0.25, -0.2) is 8.42 Å². The van der Waals surface area contributed by atoms with Gasteiger partial charge in [0.1, 0.15) is 0 Å². The van der Waals surface area contributed by atoms with Crippen molar-refractivity contribution in [2.75, 3.05) is 34.4 Å². The summed E-state index contributed by atoms with van der Waals surface area (Å²) in [6, 6.07) is 3.26. The highest BCUT2D eigenvalue weighted by Gasteiger charge is 2.36. The highest BCUT2D eigenvalue weighted by atomic mass is 32.2. The van der Waals surface area contributed by atoms with Crippen molar-refractivity contribution < 1.29 is 17.9 Å². The second-order valence-corrected chi connectivity index (χ2v) is 7.30. The molecule has 1 aliphatic rings. The minimum absolute atomic E-state index is 0.00231. The first kappa shape index (κ1) is 17.1. The first-order chi connectivity index (χ1) is 10.5. The second kappa shape index (κ2) is 6.85. The highest BCUT2D eigenvalue weighted by molar-refractivity contribution is 7.89. The maximum absolute atomic E-state index is 13.0. The van der Waals surface area contributed by atoms with Crippen molar-refractivity contribution in [2.24, 2.45) is 0 Å². The van der Waals surface area contributed by atoms with Crippen LogP contribution in [0.2, 0.25) is 0 Å². The number of hydrogen-bond acceptors (Lipinski definition) is 5. The molecule has 1 heterocycles. The average molecular weight is 328 g/mol. The number of rotatable bonds is 6. The molecule has 0 amide bonds. The number of aryl methyl sites for hydroxylation is 1. The Bertz CT molecular complexity index is 631. The van der Waals surface area contributed by atoms with Gasteiger partial charge < -0.3 is 14.8 Å². The van der Waals surface area contributed by atoms with Gasteiger partial charge in [0.05, 0.1) is 19.1 Å². The van der Waals surface area contributed by atoms with Gasteiger partial charge in [0.25, 0.3) is 0 Å². The summed E-state index contributed by atoms with van der Waals surface area (Å²) in [6.07, 6.45) is 1.77. The number of likely N-dealkylation sites (N-methyl/N-ethyl adjacent to an activating group) is 1.